The fraction of sp³-hybridized carbons (Fsp3) is 0.900. The molecule has 0 heterocycles. The number of halogens is 3. The summed E-state index contributed by atoms with van der Waals surface area (Å²) >= 11 is 18.2. The first-order valence-corrected chi connectivity index (χ1v) is 10.9. The maximum absolute atomic E-state index is 13.2. The van der Waals surface area contributed by atoms with Gasteiger partial charge in [0.1, 0.15) is 17.2 Å². The molecule has 4 saturated carbocycles. The first kappa shape index (κ1) is 19.5. The number of ketones is 2. The van der Waals surface area contributed by atoms with Crippen molar-refractivity contribution >= 4 is 46.4 Å². The van der Waals surface area contributed by atoms with Crippen LogP contribution in [0.1, 0.15) is 65.2 Å². The fourth-order valence-electron chi connectivity index (χ4n) is 6.96. The average molecular weight is 422 g/mol. The number of alkyl halides is 3. The van der Waals surface area contributed by atoms with E-state index in [1.54, 1.807) is 0 Å². The maximum Gasteiger partial charge on any atom is 0.218 e. The van der Waals surface area contributed by atoms with E-state index in [1.165, 1.54) is 0 Å². The minimum Gasteiger partial charge on any atom is -0.385 e. The third-order valence-electron chi connectivity index (χ3n) is 8.77. The Bertz CT molecular complexity index is 659. The smallest absolute Gasteiger partial charge is 0.218 e. The Labute approximate surface area is 170 Å². The SMILES string of the molecule is C[C@]12CC[C@](O)(C(Cl)(Cl)Cl)C[C@@H]1CC(=O)[C@H]1[C@H]3CCC(=O)[C@@]3(C)CC[C@@H]12. The fourth-order valence-corrected chi connectivity index (χ4v) is 7.47. The number of aliphatic hydroxyl groups is 1. The molecule has 4 aliphatic carbocycles. The van der Waals surface area contributed by atoms with Gasteiger partial charge in [-0.2, -0.15) is 0 Å². The summed E-state index contributed by atoms with van der Waals surface area (Å²) in [5.74, 6) is 1.09. The predicted molar refractivity (Wildman–Crippen MR) is 102 cm³/mol. The van der Waals surface area contributed by atoms with E-state index >= 15 is 0 Å². The quantitative estimate of drug-likeness (QED) is 0.567. The van der Waals surface area contributed by atoms with Gasteiger partial charge in [-0.25, -0.2) is 0 Å². The van der Waals surface area contributed by atoms with Crippen LogP contribution >= 0.6 is 34.8 Å². The highest BCUT2D eigenvalue weighted by Gasteiger charge is 2.65. The second-order valence-corrected chi connectivity index (χ2v) is 12.0. The average Bonchev–Trinajstić information content (AvgIpc) is 2.84. The minimum atomic E-state index is -1.74. The van der Waals surface area contributed by atoms with Gasteiger partial charge in [0, 0.05) is 24.2 Å². The lowest BCUT2D eigenvalue weighted by Gasteiger charge is -2.61. The van der Waals surface area contributed by atoms with Crippen molar-refractivity contribution in [3.8, 4) is 0 Å². The summed E-state index contributed by atoms with van der Waals surface area (Å²) in [4.78, 5) is 25.7. The Hall–Kier alpha value is 0.170. The number of Topliss-reactive ketones (excluding diaryl/α,β-unsaturated/α-hetero) is 2. The first-order chi connectivity index (χ1) is 11.9. The molecule has 146 valence electrons. The molecular formula is C20H27Cl3O3. The predicted octanol–water partition coefficient (Wildman–Crippen LogP) is 4.88. The van der Waals surface area contributed by atoms with E-state index < -0.39 is 9.39 Å². The van der Waals surface area contributed by atoms with Crippen LogP contribution in [0.15, 0.2) is 0 Å². The molecule has 0 aromatic carbocycles. The maximum atomic E-state index is 13.2. The van der Waals surface area contributed by atoms with Crippen molar-refractivity contribution < 1.29 is 14.7 Å². The molecule has 4 fully saturated rings. The van der Waals surface area contributed by atoms with Crippen molar-refractivity contribution in [1.82, 2.24) is 0 Å². The van der Waals surface area contributed by atoms with E-state index in [0.29, 0.717) is 31.5 Å². The summed E-state index contributed by atoms with van der Waals surface area (Å²) in [7, 11) is 0. The van der Waals surface area contributed by atoms with Gasteiger partial charge in [-0.05, 0) is 61.7 Å². The second-order valence-electron chi connectivity index (χ2n) is 9.76. The number of rotatable bonds is 0. The molecule has 7 atom stereocenters. The van der Waals surface area contributed by atoms with Crippen LogP contribution in [0.4, 0.5) is 0 Å². The molecule has 3 nitrogen and oxygen atoms in total. The lowest BCUT2D eigenvalue weighted by molar-refractivity contribution is -0.167. The van der Waals surface area contributed by atoms with Crippen LogP contribution in [-0.4, -0.2) is 26.1 Å². The monoisotopic (exact) mass is 420 g/mol. The van der Waals surface area contributed by atoms with E-state index in [1.807, 2.05) is 0 Å². The van der Waals surface area contributed by atoms with E-state index in [2.05, 4.69) is 13.8 Å². The van der Waals surface area contributed by atoms with Gasteiger partial charge in [0.15, 0.2) is 0 Å². The molecule has 0 bridgehead atoms. The molecule has 0 amide bonds. The van der Waals surface area contributed by atoms with E-state index in [0.717, 1.165) is 25.7 Å². The zero-order chi connectivity index (χ0) is 19.1. The Morgan fingerprint density at radius 2 is 1.73 bits per heavy atom. The van der Waals surface area contributed by atoms with Crippen LogP contribution in [0.5, 0.6) is 0 Å². The lowest BCUT2D eigenvalue weighted by Crippen LogP contribution is -2.60. The summed E-state index contributed by atoms with van der Waals surface area (Å²) in [6, 6.07) is 0. The molecular weight excluding hydrogens is 395 g/mol. The van der Waals surface area contributed by atoms with Crippen molar-refractivity contribution in [2.45, 2.75) is 74.6 Å². The van der Waals surface area contributed by atoms with Crippen molar-refractivity contribution in [3.05, 3.63) is 0 Å². The van der Waals surface area contributed by atoms with Crippen LogP contribution in [0.3, 0.4) is 0 Å². The van der Waals surface area contributed by atoms with Gasteiger partial charge >= 0.3 is 0 Å². The van der Waals surface area contributed by atoms with Gasteiger partial charge in [-0.1, -0.05) is 48.7 Å². The lowest BCUT2D eigenvalue weighted by atomic mass is 9.44. The number of carbonyl (C=O) groups excluding carboxylic acids is 2. The van der Waals surface area contributed by atoms with E-state index in [9.17, 15) is 14.7 Å². The zero-order valence-corrected chi connectivity index (χ0v) is 17.6. The molecule has 0 aromatic rings. The number of carbonyl (C=O) groups is 2. The Balaban J connectivity index is 1.66. The number of hydrogen-bond acceptors (Lipinski definition) is 3. The Morgan fingerprint density at radius 3 is 2.38 bits per heavy atom. The van der Waals surface area contributed by atoms with Crippen LogP contribution in [0.25, 0.3) is 0 Å². The summed E-state index contributed by atoms with van der Waals surface area (Å²) in [5, 5.41) is 10.9. The standard InChI is InChI=1S/C20H27Cl3O3/c1-17-7-8-19(26,20(21,22)23)10-11(17)9-14(24)16-12-3-4-15(25)18(12,2)6-5-13(16)17/h11-13,16,26H,3-10H2,1-2H3/t11-,12+,13-,16-,17-,18-,19+/m0/s1. The third kappa shape index (κ3) is 2.49. The highest BCUT2D eigenvalue weighted by molar-refractivity contribution is 6.68. The van der Waals surface area contributed by atoms with Gasteiger partial charge in [0.05, 0.1) is 0 Å². The van der Waals surface area contributed by atoms with Crippen molar-refractivity contribution in [3.63, 3.8) is 0 Å². The highest BCUT2D eigenvalue weighted by atomic mass is 35.6. The van der Waals surface area contributed by atoms with E-state index in [-0.39, 0.29) is 40.3 Å². The minimum absolute atomic E-state index is 0.0135. The Kier molecular flexibility index (Phi) is 4.38. The van der Waals surface area contributed by atoms with Crippen molar-refractivity contribution in [2.24, 2.45) is 34.5 Å². The summed E-state index contributed by atoms with van der Waals surface area (Å²) in [6.07, 6.45) is 5.24. The molecule has 0 aromatic heterocycles. The van der Waals surface area contributed by atoms with Gasteiger partial charge in [0.2, 0.25) is 3.79 Å². The topological polar surface area (TPSA) is 54.4 Å². The third-order valence-corrected chi connectivity index (χ3v) is 9.82. The van der Waals surface area contributed by atoms with Gasteiger partial charge in [-0.15, -0.1) is 0 Å². The normalized spacial score (nSPS) is 51.6. The van der Waals surface area contributed by atoms with Gasteiger partial charge < -0.3 is 5.11 Å². The molecule has 4 rings (SSSR count). The van der Waals surface area contributed by atoms with E-state index in [4.69, 9.17) is 34.8 Å². The molecule has 4 aliphatic rings. The number of hydrogen-bond donors (Lipinski definition) is 1. The van der Waals surface area contributed by atoms with Gasteiger partial charge in [-0.3, -0.25) is 9.59 Å². The van der Waals surface area contributed by atoms with Crippen LogP contribution in [0.2, 0.25) is 0 Å². The summed E-state index contributed by atoms with van der Waals surface area (Å²) < 4.78 is -1.74. The van der Waals surface area contributed by atoms with Crippen LogP contribution in [0, 0.1) is 34.5 Å². The molecule has 0 aliphatic heterocycles. The first-order valence-electron chi connectivity index (χ1n) is 9.77. The van der Waals surface area contributed by atoms with Gasteiger partial charge in [0.25, 0.3) is 0 Å². The van der Waals surface area contributed by atoms with Crippen molar-refractivity contribution in [1.29, 1.82) is 0 Å². The molecule has 1 N–H and O–H groups in total. The molecule has 0 radical (unpaired) electrons. The Morgan fingerprint density at radius 1 is 1.04 bits per heavy atom. The van der Waals surface area contributed by atoms with Crippen LogP contribution in [-0.2, 0) is 9.59 Å². The highest BCUT2D eigenvalue weighted by Crippen LogP contribution is 2.66. The molecule has 26 heavy (non-hydrogen) atoms. The zero-order valence-electron chi connectivity index (χ0n) is 15.4. The number of fused-ring (bicyclic) bond motifs is 5. The molecule has 0 spiro atoms. The molecule has 0 saturated heterocycles. The molecule has 6 heteroatoms. The largest absolute Gasteiger partial charge is 0.385 e. The van der Waals surface area contributed by atoms with Crippen LogP contribution < -0.4 is 0 Å². The summed E-state index contributed by atoms with van der Waals surface area (Å²) in [5.41, 5.74) is -1.72. The molecule has 0 unspecified atom stereocenters. The second kappa shape index (κ2) is 5.84. The van der Waals surface area contributed by atoms with Crippen molar-refractivity contribution in [2.75, 3.05) is 0 Å². The summed E-state index contributed by atoms with van der Waals surface area (Å²) in [6.45, 7) is 4.34.